The number of carbonyl (C=O) groups is 1. The van der Waals surface area contributed by atoms with Crippen LogP contribution in [0.5, 0.6) is 11.5 Å². The molecule has 4 nitrogen and oxygen atoms in total. The quantitative estimate of drug-likeness (QED) is 0.863. The van der Waals surface area contributed by atoms with E-state index in [4.69, 9.17) is 21.1 Å². The van der Waals surface area contributed by atoms with Gasteiger partial charge in [0, 0.05) is 11.3 Å². The van der Waals surface area contributed by atoms with E-state index < -0.39 is 0 Å². The zero-order valence-corrected chi connectivity index (χ0v) is 14.4. The molecule has 0 bridgehead atoms. The Balaban J connectivity index is 2.29. The van der Waals surface area contributed by atoms with Gasteiger partial charge in [0.2, 0.25) is 0 Å². The molecule has 0 fully saturated rings. The van der Waals surface area contributed by atoms with Gasteiger partial charge in [0.05, 0.1) is 18.2 Å². The number of hydrogen-bond donors (Lipinski definition) is 1. The molecule has 0 heterocycles. The molecule has 0 saturated heterocycles. The Kier molecular flexibility index (Phi) is 5.50. The summed E-state index contributed by atoms with van der Waals surface area (Å²) in [5.74, 6) is 0.615. The van der Waals surface area contributed by atoms with E-state index in [1.807, 2.05) is 45.0 Å². The van der Waals surface area contributed by atoms with Gasteiger partial charge in [-0.25, -0.2) is 0 Å². The van der Waals surface area contributed by atoms with Gasteiger partial charge in [-0.3, -0.25) is 4.79 Å². The van der Waals surface area contributed by atoms with Crippen LogP contribution in [0.1, 0.15) is 29.8 Å². The van der Waals surface area contributed by atoms with Crippen LogP contribution in [-0.2, 0) is 0 Å². The highest BCUT2D eigenvalue weighted by molar-refractivity contribution is 6.32. The van der Waals surface area contributed by atoms with Gasteiger partial charge in [-0.05, 0) is 50.6 Å². The van der Waals surface area contributed by atoms with Crippen LogP contribution in [0.15, 0.2) is 36.4 Å². The number of anilines is 1. The largest absolute Gasteiger partial charge is 0.493 e. The van der Waals surface area contributed by atoms with Crippen molar-refractivity contribution in [2.75, 3.05) is 12.4 Å². The monoisotopic (exact) mass is 333 g/mol. The van der Waals surface area contributed by atoms with E-state index in [0.717, 1.165) is 11.3 Å². The summed E-state index contributed by atoms with van der Waals surface area (Å²) >= 11 is 6.24. The molecule has 0 aromatic heterocycles. The first-order chi connectivity index (χ1) is 10.9. The van der Waals surface area contributed by atoms with Crippen LogP contribution in [0, 0.1) is 6.92 Å². The third-order valence-corrected chi connectivity index (χ3v) is 3.40. The fourth-order valence-corrected chi connectivity index (χ4v) is 2.38. The molecular formula is C18H20ClNO3. The maximum atomic E-state index is 12.4. The van der Waals surface area contributed by atoms with Gasteiger partial charge in [0.1, 0.15) is 0 Å². The van der Waals surface area contributed by atoms with Crippen LogP contribution in [0.25, 0.3) is 0 Å². The standard InChI is InChI=1S/C18H20ClNO3/c1-11(2)23-17-15(19)9-13(10-16(17)22-4)18(21)20-14-7-5-6-12(3)8-14/h5-11H,1-4H3,(H,20,21). The summed E-state index contributed by atoms with van der Waals surface area (Å²) in [6.45, 7) is 5.76. The van der Waals surface area contributed by atoms with Crippen molar-refractivity contribution in [3.8, 4) is 11.5 Å². The van der Waals surface area contributed by atoms with E-state index in [1.165, 1.54) is 7.11 Å². The van der Waals surface area contributed by atoms with Crippen LogP contribution in [0.3, 0.4) is 0 Å². The van der Waals surface area contributed by atoms with Crippen LogP contribution < -0.4 is 14.8 Å². The van der Waals surface area contributed by atoms with Gasteiger partial charge in [-0.2, -0.15) is 0 Å². The van der Waals surface area contributed by atoms with E-state index in [2.05, 4.69) is 5.32 Å². The molecule has 0 spiro atoms. The Morgan fingerprint density at radius 2 is 1.96 bits per heavy atom. The van der Waals surface area contributed by atoms with Crippen LogP contribution >= 0.6 is 11.6 Å². The number of amides is 1. The Morgan fingerprint density at radius 1 is 1.22 bits per heavy atom. The zero-order chi connectivity index (χ0) is 17.0. The van der Waals surface area contributed by atoms with E-state index in [1.54, 1.807) is 12.1 Å². The first kappa shape index (κ1) is 17.2. The summed E-state index contributed by atoms with van der Waals surface area (Å²) in [6.07, 6.45) is -0.0478. The predicted molar refractivity (Wildman–Crippen MR) is 92.9 cm³/mol. The SMILES string of the molecule is COc1cc(C(=O)Nc2cccc(C)c2)cc(Cl)c1OC(C)C. The fourth-order valence-electron chi connectivity index (χ4n) is 2.13. The minimum atomic E-state index is -0.258. The second kappa shape index (κ2) is 7.38. The highest BCUT2D eigenvalue weighted by Crippen LogP contribution is 2.37. The summed E-state index contributed by atoms with van der Waals surface area (Å²) in [7, 11) is 1.51. The lowest BCUT2D eigenvalue weighted by Crippen LogP contribution is -2.13. The van der Waals surface area contributed by atoms with Gasteiger partial charge in [0.25, 0.3) is 5.91 Å². The Labute approximate surface area is 141 Å². The van der Waals surface area contributed by atoms with Gasteiger partial charge in [0.15, 0.2) is 11.5 Å². The topological polar surface area (TPSA) is 47.6 Å². The third kappa shape index (κ3) is 4.39. The molecule has 5 heteroatoms. The molecule has 2 rings (SSSR count). The predicted octanol–water partition coefficient (Wildman–Crippen LogP) is 4.70. The van der Waals surface area contributed by atoms with Crippen molar-refractivity contribution < 1.29 is 14.3 Å². The summed E-state index contributed by atoms with van der Waals surface area (Å²) in [5, 5.41) is 3.18. The molecule has 0 radical (unpaired) electrons. The zero-order valence-electron chi connectivity index (χ0n) is 13.6. The molecule has 0 unspecified atom stereocenters. The summed E-state index contributed by atoms with van der Waals surface area (Å²) in [4.78, 5) is 12.4. The molecule has 0 saturated carbocycles. The molecule has 23 heavy (non-hydrogen) atoms. The van der Waals surface area contributed by atoms with E-state index >= 15 is 0 Å². The van der Waals surface area contributed by atoms with Crippen molar-refractivity contribution in [1.82, 2.24) is 0 Å². The van der Waals surface area contributed by atoms with E-state index in [9.17, 15) is 4.79 Å². The highest BCUT2D eigenvalue weighted by Gasteiger charge is 2.17. The van der Waals surface area contributed by atoms with Crippen LogP contribution in [0.4, 0.5) is 5.69 Å². The number of methoxy groups -OCH3 is 1. The summed E-state index contributed by atoms with van der Waals surface area (Å²) < 4.78 is 10.9. The first-order valence-electron chi connectivity index (χ1n) is 7.33. The second-order valence-corrected chi connectivity index (χ2v) is 5.89. The number of ether oxygens (including phenoxy) is 2. The average molecular weight is 334 g/mol. The number of nitrogens with one attached hydrogen (secondary N) is 1. The van der Waals surface area contributed by atoms with Crippen LogP contribution in [0.2, 0.25) is 5.02 Å². The van der Waals surface area contributed by atoms with E-state index in [0.29, 0.717) is 22.1 Å². The maximum absolute atomic E-state index is 12.4. The fraction of sp³-hybridized carbons (Fsp3) is 0.278. The molecule has 0 aliphatic heterocycles. The third-order valence-electron chi connectivity index (χ3n) is 3.12. The lowest BCUT2D eigenvalue weighted by atomic mass is 10.1. The van der Waals surface area contributed by atoms with Crippen molar-refractivity contribution in [3.63, 3.8) is 0 Å². The summed E-state index contributed by atoms with van der Waals surface area (Å²) in [6, 6.07) is 10.8. The van der Waals surface area contributed by atoms with E-state index in [-0.39, 0.29) is 12.0 Å². The van der Waals surface area contributed by atoms with Crippen molar-refractivity contribution in [2.24, 2.45) is 0 Å². The molecule has 2 aromatic rings. The Hall–Kier alpha value is -2.20. The molecule has 0 aliphatic rings. The van der Waals surface area contributed by atoms with Gasteiger partial charge < -0.3 is 14.8 Å². The smallest absolute Gasteiger partial charge is 0.255 e. The Bertz CT molecular complexity index is 713. The molecule has 0 aliphatic carbocycles. The molecule has 1 amide bonds. The van der Waals surface area contributed by atoms with Crippen molar-refractivity contribution in [3.05, 3.63) is 52.5 Å². The molecular weight excluding hydrogens is 314 g/mol. The van der Waals surface area contributed by atoms with Crippen molar-refractivity contribution in [2.45, 2.75) is 26.9 Å². The normalized spacial score (nSPS) is 10.5. The first-order valence-corrected chi connectivity index (χ1v) is 7.70. The van der Waals surface area contributed by atoms with Gasteiger partial charge in [-0.15, -0.1) is 0 Å². The molecule has 1 N–H and O–H groups in total. The van der Waals surface area contributed by atoms with Gasteiger partial charge in [-0.1, -0.05) is 23.7 Å². The minimum absolute atomic E-state index is 0.0478. The Morgan fingerprint density at radius 3 is 2.57 bits per heavy atom. The lowest BCUT2D eigenvalue weighted by Gasteiger charge is -2.16. The number of aryl methyl sites for hydroxylation is 1. The number of hydrogen-bond acceptors (Lipinski definition) is 3. The minimum Gasteiger partial charge on any atom is -0.493 e. The highest BCUT2D eigenvalue weighted by atomic mass is 35.5. The number of benzene rings is 2. The van der Waals surface area contributed by atoms with Crippen LogP contribution in [-0.4, -0.2) is 19.1 Å². The lowest BCUT2D eigenvalue weighted by molar-refractivity contribution is 0.102. The van der Waals surface area contributed by atoms with Gasteiger partial charge >= 0.3 is 0 Å². The molecule has 2 aromatic carbocycles. The maximum Gasteiger partial charge on any atom is 0.255 e. The van der Waals surface area contributed by atoms with Crippen molar-refractivity contribution >= 4 is 23.2 Å². The average Bonchev–Trinajstić information content (AvgIpc) is 2.48. The summed E-state index contributed by atoms with van der Waals surface area (Å²) in [5.41, 5.74) is 2.20. The molecule has 122 valence electrons. The second-order valence-electron chi connectivity index (χ2n) is 5.48. The number of rotatable bonds is 5. The number of carbonyl (C=O) groups excluding carboxylic acids is 1. The van der Waals surface area contributed by atoms with Crippen molar-refractivity contribution in [1.29, 1.82) is 0 Å². The number of halogens is 1. The molecule has 0 atom stereocenters.